The van der Waals surface area contributed by atoms with Gasteiger partial charge in [-0.05, 0) is 67.0 Å². The van der Waals surface area contributed by atoms with E-state index in [-0.39, 0.29) is 5.84 Å². The molecule has 3 N–H and O–H groups in total. The Morgan fingerprint density at radius 1 is 1.40 bits per heavy atom. The van der Waals surface area contributed by atoms with Crippen molar-refractivity contribution in [2.75, 3.05) is 38.6 Å². The van der Waals surface area contributed by atoms with Gasteiger partial charge in [0.25, 0.3) is 0 Å². The van der Waals surface area contributed by atoms with Crippen LogP contribution in [0.2, 0.25) is 0 Å². The molecule has 1 heterocycles. The zero-order valence-corrected chi connectivity index (χ0v) is 13.8. The van der Waals surface area contributed by atoms with E-state index in [1.807, 2.05) is 6.07 Å². The first-order valence-corrected chi connectivity index (χ1v) is 7.80. The van der Waals surface area contributed by atoms with Crippen molar-refractivity contribution in [3.63, 3.8) is 0 Å². The molecule has 1 saturated heterocycles. The first-order chi connectivity index (χ1) is 9.47. The highest BCUT2D eigenvalue weighted by Crippen LogP contribution is 2.27. The number of nitrogen functional groups attached to an aromatic ring is 1. The minimum absolute atomic E-state index is 0.105. The minimum atomic E-state index is 0.105. The monoisotopic (exact) mass is 338 g/mol. The van der Waals surface area contributed by atoms with Crippen molar-refractivity contribution < 1.29 is 0 Å². The van der Waals surface area contributed by atoms with Crippen LogP contribution in [-0.4, -0.2) is 44.5 Å². The standard InChI is InChI=1S/C15H23BrN4/c1-19(2)10-11-5-7-20(8-6-11)12-3-4-13(15(17)18)14(16)9-12/h3-4,9,11H,5-8,10H2,1-2H3,(H3,17,18). The maximum atomic E-state index is 7.51. The third-order valence-electron chi connectivity index (χ3n) is 3.85. The number of nitrogens with two attached hydrogens (primary N) is 1. The van der Waals surface area contributed by atoms with Gasteiger partial charge in [0, 0.05) is 35.4 Å². The quantitative estimate of drug-likeness (QED) is 0.655. The lowest BCUT2D eigenvalue weighted by Crippen LogP contribution is -2.37. The Bertz CT molecular complexity index is 479. The summed E-state index contributed by atoms with van der Waals surface area (Å²) < 4.78 is 0.901. The maximum absolute atomic E-state index is 7.51. The average Bonchev–Trinajstić information content (AvgIpc) is 2.38. The largest absolute Gasteiger partial charge is 0.384 e. The summed E-state index contributed by atoms with van der Waals surface area (Å²) in [7, 11) is 4.29. The van der Waals surface area contributed by atoms with E-state index >= 15 is 0 Å². The van der Waals surface area contributed by atoms with E-state index < -0.39 is 0 Å². The van der Waals surface area contributed by atoms with Crippen LogP contribution in [0.25, 0.3) is 0 Å². The Labute approximate surface area is 129 Å². The van der Waals surface area contributed by atoms with Gasteiger partial charge in [-0.25, -0.2) is 0 Å². The third kappa shape index (κ3) is 3.73. The van der Waals surface area contributed by atoms with Gasteiger partial charge in [0.1, 0.15) is 5.84 Å². The summed E-state index contributed by atoms with van der Waals surface area (Å²) in [5, 5.41) is 7.51. The van der Waals surface area contributed by atoms with Gasteiger partial charge in [0.15, 0.2) is 0 Å². The van der Waals surface area contributed by atoms with Gasteiger partial charge >= 0.3 is 0 Å². The van der Waals surface area contributed by atoms with Crippen molar-refractivity contribution >= 4 is 27.5 Å². The number of piperidine rings is 1. The molecule has 20 heavy (non-hydrogen) atoms. The average molecular weight is 339 g/mol. The van der Waals surface area contributed by atoms with Crippen LogP contribution in [0.3, 0.4) is 0 Å². The van der Waals surface area contributed by atoms with E-state index in [1.165, 1.54) is 25.1 Å². The van der Waals surface area contributed by atoms with E-state index in [2.05, 4.69) is 52.0 Å². The number of amidine groups is 1. The first-order valence-electron chi connectivity index (χ1n) is 7.01. The molecule has 1 aromatic carbocycles. The smallest absolute Gasteiger partial charge is 0.123 e. The number of halogens is 1. The van der Waals surface area contributed by atoms with Crippen LogP contribution in [-0.2, 0) is 0 Å². The normalized spacial score (nSPS) is 16.7. The van der Waals surface area contributed by atoms with Gasteiger partial charge in [-0.1, -0.05) is 0 Å². The highest BCUT2D eigenvalue weighted by molar-refractivity contribution is 9.10. The predicted molar refractivity (Wildman–Crippen MR) is 88.6 cm³/mol. The van der Waals surface area contributed by atoms with Crippen molar-refractivity contribution in [3.8, 4) is 0 Å². The zero-order chi connectivity index (χ0) is 14.7. The summed E-state index contributed by atoms with van der Waals surface area (Å²) in [5.74, 6) is 0.911. The number of benzene rings is 1. The molecule has 0 radical (unpaired) electrons. The van der Waals surface area contributed by atoms with Gasteiger partial charge < -0.3 is 15.5 Å². The highest BCUT2D eigenvalue weighted by Gasteiger charge is 2.20. The maximum Gasteiger partial charge on any atom is 0.123 e. The topological polar surface area (TPSA) is 56.4 Å². The van der Waals surface area contributed by atoms with E-state index in [0.717, 1.165) is 29.0 Å². The van der Waals surface area contributed by atoms with Crippen molar-refractivity contribution in [1.29, 1.82) is 5.41 Å². The number of nitrogens with one attached hydrogen (secondary N) is 1. The molecule has 110 valence electrons. The number of anilines is 1. The zero-order valence-electron chi connectivity index (χ0n) is 12.2. The molecule has 0 saturated carbocycles. The lowest BCUT2D eigenvalue weighted by Gasteiger charge is -2.34. The third-order valence-corrected chi connectivity index (χ3v) is 4.50. The fourth-order valence-corrected chi connectivity index (χ4v) is 3.39. The fourth-order valence-electron chi connectivity index (χ4n) is 2.81. The second kappa shape index (κ2) is 6.59. The summed E-state index contributed by atoms with van der Waals surface area (Å²) in [5.41, 5.74) is 7.52. The van der Waals surface area contributed by atoms with Gasteiger partial charge in [-0.15, -0.1) is 0 Å². The molecule has 2 rings (SSSR count). The van der Waals surface area contributed by atoms with Crippen LogP contribution in [0.4, 0.5) is 5.69 Å². The molecule has 0 unspecified atom stereocenters. The number of nitrogens with zero attached hydrogens (tertiary/aromatic N) is 2. The van der Waals surface area contributed by atoms with E-state index in [4.69, 9.17) is 11.1 Å². The summed E-state index contributed by atoms with van der Waals surface area (Å²) in [6.07, 6.45) is 2.48. The van der Waals surface area contributed by atoms with E-state index in [0.29, 0.717) is 0 Å². The molecule has 0 aliphatic carbocycles. The molecule has 1 fully saturated rings. The van der Waals surface area contributed by atoms with Gasteiger partial charge in [0.2, 0.25) is 0 Å². The molecule has 4 nitrogen and oxygen atoms in total. The Morgan fingerprint density at radius 2 is 2.05 bits per heavy atom. The summed E-state index contributed by atoms with van der Waals surface area (Å²) in [4.78, 5) is 4.69. The molecular weight excluding hydrogens is 316 g/mol. The second-order valence-corrected chi connectivity index (χ2v) is 6.62. The molecule has 5 heteroatoms. The molecule has 1 aliphatic heterocycles. The number of hydrogen-bond acceptors (Lipinski definition) is 3. The van der Waals surface area contributed by atoms with Crippen molar-refractivity contribution in [2.24, 2.45) is 11.7 Å². The molecule has 0 aromatic heterocycles. The van der Waals surface area contributed by atoms with Crippen LogP contribution in [0, 0.1) is 11.3 Å². The van der Waals surface area contributed by atoms with Gasteiger partial charge in [0.05, 0.1) is 0 Å². The second-order valence-electron chi connectivity index (χ2n) is 5.77. The minimum Gasteiger partial charge on any atom is -0.384 e. The molecule has 1 aliphatic rings. The lowest BCUT2D eigenvalue weighted by molar-refractivity contribution is 0.285. The van der Waals surface area contributed by atoms with Crippen LogP contribution in [0.15, 0.2) is 22.7 Å². The Kier molecular flexibility index (Phi) is 5.05. The van der Waals surface area contributed by atoms with Crippen LogP contribution in [0.5, 0.6) is 0 Å². The van der Waals surface area contributed by atoms with Crippen LogP contribution in [0.1, 0.15) is 18.4 Å². The van der Waals surface area contributed by atoms with Crippen LogP contribution < -0.4 is 10.6 Å². The molecule has 0 atom stereocenters. The highest BCUT2D eigenvalue weighted by atomic mass is 79.9. The van der Waals surface area contributed by atoms with Gasteiger partial charge in [-0.3, -0.25) is 5.41 Å². The Hall–Kier alpha value is -1.07. The van der Waals surface area contributed by atoms with E-state index in [1.54, 1.807) is 0 Å². The first kappa shape index (κ1) is 15.3. The van der Waals surface area contributed by atoms with Crippen molar-refractivity contribution in [1.82, 2.24) is 4.90 Å². The number of rotatable bonds is 4. The van der Waals surface area contributed by atoms with E-state index in [9.17, 15) is 0 Å². The van der Waals surface area contributed by atoms with Crippen molar-refractivity contribution in [3.05, 3.63) is 28.2 Å². The predicted octanol–water partition coefficient (Wildman–Crippen LogP) is 2.51. The lowest BCUT2D eigenvalue weighted by atomic mass is 9.96. The summed E-state index contributed by atoms with van der Waals surface area (Å²) >= 11 is 3.50. The molecule has 1 aromatic rings. The van der Waals surface area contributed by atoms with Crippen LogP contribution >= 0.6 is 15.9 Å². The molecule has 0 spiro atoms. The summed E-state index contributed by atoms with van der Waals surface area (Å²) in [6, 6.07) is 6.06. The molecule has 0 bridgehead atoms. The van der Waals surface area contributed by atoms with Crippen molar-refractivity contribution in [2.45, 2.75) is 12.8 Å². The SMILES string of the molecule is CN(C)CC1CCN(c2ccc(C(=N)N)c(Br)c2)CC1. The van der Waals surface area contributed by atoms with Gasteiger partial charge in [-0.2, -0.15) is 0 Å². The Morgan fingerprint density at radius 3 is 2.55 bits per heavy atom. The Balaban J connectivity index is 2.00. The molecule has 0 amide bonds. The fraction of sp³-hybridized carbons (Fsp3) is 0.533. The summed E-state index contributed by atoms with van der Waals surface area (Å²) in [6.45, 7) is 3.38. The number of hydrogen-bond donors (Lipinski definition) is 2. The molecular formula is C15H23BrN4.